The molecular formula is C20H24F4O2. The Morgan fingerprint density at radius 2 is 1.81 bits per heavy atom. The Hall–Kier alpha value is -1.72. The molecule has 0 amide bonds. The van der Waals surface area contributed by atoms with E-state index < -0.39 is 17.9 Å². The van der Waals surface area contributed by atoms with Gasteiger partial charge in [0, 0.05) is 0 Å². The second-order valence-corrected chi connectivity index (χ2v) is 7.18. The molecule has 0 atom stereocenters. The maximum absolute atomic E-state index is 14.6. The monoisotopic (exact) mass is 372 g/mol. The first kappa shape index (κ1) is 19.1. The first-order valence-corrected chi connectivity index (χ1v) is 9.29. The molecule has 144 valence electrons. The minimum absolute atomic E-state index is 0.177. The Balaban J connectivity index is 1.70. The summed E-state index contributed by atoms with van der Waals surface area (Å²) in [5.74, 6) is -1.08. The van der Waals surface area contributed by atoms with E-state index in [1.807, 2.05) is 6.08 Å². The number of aryl methyl sites for hydroxylation is 1. The van der Waals surface area contributed by atoms with Crippen LogP contribution in [-0.2, 0) is 6.42 Å². The molecule has 26 heavy (non-hydrogen) atoms. The molecule has 2 fully saturated rings. The van der Waals surface area contributed by atoms with Crippen LogP contribution in [0.25, 0.3) is 0 Å². The molecule has 1 aromatic rings. The standard InChI is InChI=1S/C20H24F4O2/c21-18-16(8-4-3-5-14-9-10-14)11-12-17(19(18)26-20(22,23)24)25-13-15-6-1-2-7-15/h3,5,11-12,14-15H,1-2,4,6-10,13H2/b5-3+. The molecule has 0 unspecified atom stereocenters. The third-order valence-electron chi connectivity index (χ3n) is 4.92. The fourth-order valence-electron chi connectivity index (χ4n) is 3.30. The molecule has 0 radical (unpaired) electrons. The highest BCUT2D eigenvalue weighted by Gasteiger charge is 2.35. The van der Waals surface area contributed by atoms with Crippen molar-refractivity contribution in [2.75, 3.05) is 6.61 Å². The molecule has 1 aromatic carbocycles. The first-order chi connectivity index (χ1) is 12.4. The molecule has 2 saturated carbocycles. The van der Waals surface area contributed by atoms with Gasteiger partial charge in [-0.2, -0.15) is 0 Å². The zero-order chi connectivity index (χ0) is 18.6. The fourth-order valence-corrected chi connectivity index (χ4v) is 3.30. The second-order valence-electron chi connectivity index (χ2n) is 7.18. The number of rotatable bonds is 8. The van der Waals surface area contributed by atoms with E-state index in [4.69, 9.17) is 4.74 Å². The molecule has 2 aliphatic rings. The summed E-state index contributed by atoms with van der Waals surface area (Å²) in [4.78, 5) is 0. The number of allylic oxidation sites excluding steroid dienone is 2. The summed E-state index contributed by atoms with van der Waals surface area (Å²) in [7, 11) is 0. The summed E-state index contributed by atoms with van der Waals surface area (Å²) in [6.07, 6.45) is 6.54. The van der Waals surface area contributed by atoms with Crippen LogP contribution in [0, 0.1) is 17.7 Å². The smallest absolute Gasteiger partial charge is 0.489 e. The summed E-state index contributed by atoms with van der Waals surface area (Å²) in [6.45, 7) is 0.289. The topological polar surface area (TPSA) is 18.5 Å². The molecule has 0 spiro atoms. The van der Waals surface area contributed by atoms with Crippen LogP contribution in [-0.4, -0.2) is 13.0 Å². The van der Waals surface area contributed by atoms with E-state index >= 15 is 0 Å². The van der Waals surface area contributed by atoms with Gasteiger partial charge >= 0.3 is 6.36 Å². The average Bonchev–Trinajstić information content (AvgIpc) is 3.25. The van der Waals surface area contributed by atoms with Crippen LogP contribution in [0.4, 0.5) is 17.6 Å². The third-order valence-corrected chi connectivity index (χ3v) is 4.92. The quantitative estimate of drug-likeness (QED) is 0.400. The minimum Gasteiger partial charge on any atom is -0.489 e. The van der Waals surface area contributed by atoms with Gasteiger partial charge in [0.15, 0.2) is 11.6 Å². The number of benzene rings is 1. The van der Waals surface area contributed by atoms with E-state index in [9.17, 15) is 17.6 Å². The minimum atomic E-state index is -4.96. The number of alkyl halides is 3. The number of hydrogen-bond acceptors (Lipinski definition) is 2. The lowest BCUT2D eigenvalue weighted by Crippen LogP contribution is -2.20. The molecule has 2 aliphatic carbocycles. The third kappa shape index (κ3) is 5.64. The van der Waals surface area contributed by atoms with E-state index in [0.29, 0.717) is 24.7 Å². The molecule has 0 heterocycles. The van der Waals surface area contributed by atoms with Gasteiger partial charge in [-0.1, -0.05) is 31.1 Å². The number of ether oxygens (including phenoxy) is 2. The van der Waals surface area contributed by atoms with Crippen LogP contribution in [0.1, 0.15) is 50.5 Å². The van der Waals surface area contributed by atoms with Gasteiger partial charge in [0.1, 0.15) is 0 Å². The van der Waals surface area contributed by atoms with Crippen molar-refractivity contribution in [3.63, 3.8) is 0 Å². The van der Waals surface area contributed by atoms with E-state index in [0.717, 1.165) is 25.7 Å². The number of halogens is 4. The molecule has 0 N–H and O–H groups in total. The lowest BCUT2D eigenvalue weighted by atomic mass is 10.1. The van der Waals surface area contributed by atoms with Crippen molar-refractivity contribution in [3.8, 4) is 11.5 Å². The Labute approximate surface area is 151 Å². The molecule has 2 nitrogen and oxygen atoms in total. The summed E-state index contributed by atoms with van der Waals surface area (Å²) in [5, 5.41) is 0. The van der Waals surface area contributed by atoms with E-state index in [1.54, 1.807) is 0 Å². The van der Waals surface area contributed by atoms with Gasteiger partial charge in [0.2, 0.25) is 5.75 Å². The van der Waals surface area contributed by atoms with Crippen molar-refractivity contribution in [2.24, 2.45) is 11.8 Å². The summed E-state index contributed by atoms with van der Waals surface area (Å²) < 4.78 is 62.2. The molecule has 0 bridgehead atoms. The van der Waals surface area contributed by atoms with Crippen LogP contribution >= 0.6 is 0 Å². The Kier molecular flexibility index (Phi) is 6.09. The predicted molar refractivity (Wildman–Crippen MR) is 90.7 cm³/mol. The molecule has 0 aliphatic heterocycles. The Morgan fingerprint density at radius 1 is 1.08 bits per heavy atom. The van der Waals surface area contributed by atoms with Crippen LogP contribution in [0.15, 0.2) is 24.3 Å². The zero-order valence-corrected chi connectivity index (χ0v) is 14.7. The van der Waals surface area contributed by atoms with E-state index in [1.165, 1.54) is 25.0 Å². The molecule has 0 aromatic heterocycles. The van der Waals surface area contributed by atoms with Crippen LogP contribution in [0.3, 0.4) is 0 Å². The normalized spacial score (nSPS) is 18.6. The summed E-state index contributed by atoms with van der Waals surface area (Å²) in [6, 6.07) is 2.88. The lowest BCUT2D eigenvalue weighted by Gasteiger charge is -2.18. The zero-order valence-electron chi connectivity index (χ0n) is 14.7. The highest BCUT2D eigenvalue weighted by Crippen LogP contribution is 2.38. The van der Waals surface area contributed by atoms with Crippen molar-refractivity contribution < 1.29 is 27.0 Å². The van der Waals surface area contributed by atoms with E-state index in [2.05, 4.69) is 10.8 Å². The van der Waals surface area contributed by atoms with Gasteiger partial charge < -0.3 is 9.47 Å². The number of hydrogen-bond donors (Lipinski definition) is 0. The van der Waals surface area contributed by atoms with Crippen LogP contribution < -0.4 is 9.47 Å². The first-order valence-electron chi connectivity index (χ1n) is 9.29. The molecular weight excluding hydrogens is 348 g/mol. The van der Waals surface area contributed by atoms with Crippen molar-refractivity contribution in [1.29, 1.82) is 0 Å². The van der Waals surface area contributed by atoms with Gasteiger partial charge in [0.25, 0.3) is 0 Å². The van der Waals surface area contributed by atoms with Crippen LogP contribution in [0.2, 0.25) is 0 Å². The molecule has 6 heteroatoms. The largest absolute Gasteiger partial charge is 0.573 e. The maximum atomic E-state index is 14.6. The highest BCUT2D eigenvalue weighted by molar-refractivity contribution is 5.45. The van der Waals surface area contributed by atoms with E-state index in [-0.39, 0.29) is 17.9 Å². The lowest BCUT2D eigenvalue weighted by molar-refractivity contribution is -0.276. The van der Waals surface area contributed by atoms with Gasteiger partial charge in [-0.15, -0.1) is 13.2 Å². The maximum Gasteiger partial charge on any atom is 0.573 e. The second kappa shape index (κ2) is 8.31. The molecule has 0 saturated heterocycles. The van der Waals surface area contributed by atoms with Gasteiger partial charge in [0.05, 0.1) is 6.61 Å². The molecule has 3 rings (SSSR count). The van der Waals surface area contributed by atoms with Crippen molar-refractivity contribution in [1.82, 2.24) is 0 Å². The highest BCUT2D eigenvalue weighted by atomic mass is 19.4. The SMILES string of the molecule is Fc1c(CC/C=C/C2CC2)ccc(OCC2CCCC2)c1OC(F)(F)F. The van der Waals surface area contributed by atoms with Crippen molar-refractivity contribution in [3.05, 3.63) is 35.7 Å². The van der Waals surface area contributed by atoms with Gasteiger partial charge in [-0.05, 0) is 62.0 Å². The fraction of sp³-hybridized carbons (Fsp3) is 0.600. The Bertz CT molecular complexity index is 629. The Morgan fingerprint density at radius 3 is 2.46 bits per heavy atom. The van der Waals surface area contributed by atoms with Crippen molar-refractivity contribution >= 4 is 0 Å². The van der Waals surface area contributed by atoms with Gasteiger partial charge in [-0.25, -0.2) is 4.39 Å². The van der Waals surface area contributed by atoms with Crippen LogP contribution in [0.5, 0.6) is 11.5 Å². The average molecular weight is 372 g/mol. The summed E-state index contributed by atoms with van der Waals surface area (Å²) >= 11 is 0. The predicted octanol–water partition coefficient (Wildman–Crippen LogP) is 6.19. The summed E-state index contributed by atoms with van der Waals surface area (Å²) in [5.41, 5.74) is 0.206. The van der Waals surface area contributed by atoms with Gasteiger partial charge in [-0.3, -0.25) is 0 Å². The van der Waals surface area contributed by atoms with Crippen molar-refractivity contribution in [2.45, 2.75) is 57.7 Å².